The van der Waals surface area contributed by atoms with Crippen molar-refractivity contribution < 1.29 is 31.4 Å². The second-order valence-electron chi connectivity index (χ2n) is 12.0. The number of hydrogen-bond donors (Lipinski definition) is 0. The van der Waals surface area contributed by atoms with Crippen LogP contribution >= 0.6 is 0 Å². The second kappa shape index (κ2) is 13.5. The summed E-state index contributed by atoms with van der Waals surface area (Å²) in [6.07, 6.45) is 3.63. The van der Waals surface area contributed by atoms with E-state index in [1.54, 1.807) is 18.3 Å². The Morgan fingerprint density at radius 3 is 2.33 bits per heavy atom. The number of hydrogen-bond acceptors (Lipinski definition) is 3. The van der Waals surface area contributed by atoms with E-state index in [-0.39, 0.29) is 25.7 Å². The molecule has 0 atom stereocenters. The van der Waals surface area contributed by atoms with Gasteiger partial charge in [-0.3, -0.25) is 0 Å². The molecule has 43 heavy (non-hydrogen) atoms. The quantitative estimate of drug-likeness (QED) is 0.130. The number of nitrogens with zero attached hydrogens (tertiary/aromatic N) is 2. The molecule has 0 aliphatic rings. The van der Waals surface area contributed by atoms with Gasteiger partial charge in [0, 0.05) is 44.7 Å². The van der Waals surface area contributed by atoms with Crippen molar-refractivity contribution in [1.29, 1.82) is 0 Å². The van der Waals surface area contributed by atoms with Crippen molar-refractivity contribution in [3.8, 4) is 22.5 Å². The van der Waals surface area contributed by atoms with E-state index >= 15 is 0 Å². The molecule has 0 saturated carbocycles. The molecule has 3 aromatic heterocycles. The SMILES string of the molecule is [2H]C(C)(C)c1ccnc(-c2[c-]ccc3c2oc2ccccc23)c1.[2H]C([2H])([2H])c1c[c-]c(-c2cc(C([2H])(C)C)c([Si](C)(C)C)cn2)cc1.[Ir]. The third-order valence-corrected chi connectivity index (χ3v) is 9.29. The topological polar surface area (TPSA) is 38.9 Å². The first-order valence-electron chi connectivity index (χ1n) is 16.7. The van der Waals surface area contributed by atoms with E-state index in [0.29, 0.717) is 0 Å². The van der Waals surface area contributed by atoms with E-state index in [0.717, 1.165) is 55.6 Å². The average Bonchev–Trinajstić information content (AvgIpc) is 3.38. The first-order valence-corrected chi connectivity index (χ1v) is 17.7. The normalized spacial score (nSPS) is 14.0. The molecule has 0 fully saturated rings. The third kappa shape index (κ3) is 7.24. The molecule has 0 spiro atoms. The first-order chi connectivity index (χ1) is 21.8. The fraction of sp³-hybridized carbons (Fsp3) is 0.263. The summed E-state index contributed by atoms with van der Waals surface area (Å²) in [6.45, 7) is 12.1. The molecule has 3 nitrogen and oxygen atoms in total. The fourth-order valence-corrected chi connectivity index (χ4v) is 6.54. The molecule has 3 aromatic carbocycles. The van der Waals surface area contributed by atoms with E-state index in [9.17, 15) is 0 Å². The Morgan fingerprint density at radius 2 is 1.65 bits per heavy atom. The second-order valence-corrected chi connectivity index (χ2v) is 17.0. The zero-order valence-electron chi connectivity index (χ0n) is 30.7. The van der Waals surface area contributed by atoms with Crippen LogP contribution in [0.25, 0.3) is 44.5 Å². The molecule has 0 N–H and O–H groups in total. The summed E-state index contributed by atoms with van der Waals surface area (Å²) in [6, 6.07) is 28.8. The van der Waals surface area contributed by atoms with Crippen LogP contribution in [0, 0.1) is 19.0 Å². The molecular weight excluding hydrogens is 721 g/mol. The predicted molar refractivity (Wildman–Crippen MR) is 180 cm³/mol. The van der Waals surface area contributed by atoms with Crippen molar-refractivity contribution in [2.45, 2.75) is 66.0 Å². The van der Waals surface area contributed by atoms with Crippen molar-refractivity contribution in [3.05, 3.63) is 114 Å². The van der Waals surface area contributed by atoms with Crippen LogP contribution in [0.3, 0.4) is 0 Å². The van der Waals surface area contributed by atoms with Gasteiger partial charge in [0.2, 0.25) is 0 Å². The summed E-state index contributed by atoms with van der Waals surface area (Å²) in [5.41, 5.74) is 6.92. The fourth-order valence-electron chi connectivity index (χ4n) is 4.96. The number of benzene rings is 3. The minimum absolute atomic E-state index is 0. The number of furan rings is 1. The zero-order chi connectivity index (χ0) is 34.4. The van der Waals surface area contributed by atoms with Crippen molar-refractivity contribution in [2.24, 2.45) is 0 Å². The van der Waals surface area contributed by atoms with Gasteiger partial charge >= 0.3 is 0 Å². The van der Waals surface area contributed by atoms with Crippen LogP contribution in [-0.4, -0.2) is 18.0 Å². The van der Waals surface area contributed by atoms with Crippen LogP contribution in [-0.2, 0) is 20.1 Å². The van der Waals surface area contributed by atoms with Gasteiger partial charge < -0.3 is 14.4 Å². The minimum Gasteiger partial charge on any atom is -0.501 e. The van der Waals surface area contributed by atoms with Gasteiger partial charge in [0.25, 0.3) is 0 Å². The van der Waals surface area contributed by atoms with Crippen LogP contribution in [0.4, 0.5) is 0 Å². The maximum absolute atomic E-state index is 8.48. The Kier molecular flexibility index (Phi) is 8.19. The molecule has 5 heteroatoms. The van der Waals surface area contributed by atoms with Crippen LogP contribution in [0.15, 0.2) is 89.6 Å². The molecule has 6 aromatic rings. The van der Waals surface area contributed by atoms with Gasteiger partial charge in [-0.1, -0.05) is 107 Å². The summed E-state index contributed by atoms with van der Waals surface area (Å²) in [4.78, 5) is 9.03. The number of aromatic nitrogens is 2. The van der Waals surface area contributed by atoms with E-state index in [1.807, 2.05) is 82.4 Å². The Balaban J connectivity index is 0.000000212. The molecule has 6 rings (SSSR count). The van der Waals surface area contributed by atoms with E-state index in [4.69, 9.17) is 11.3 Å². The molecule has 0 aliphatic heterocycles. The molecule has 223 valence electrons. The number of pyridine rings is 2. The average molecular weight is 766 g/mol. The molecular formula is C38H40IrN2OSi-2. The smallest absolute Gasteiger partial charge is 0.120 e. The Bertz CT molecular complexity index is 2040. The third-order valence-electron chi connectivity index (χ3n) is 7.27. The number of para-hydroxylation sites is 1. The molecule has 0 bridgehead atoms. The van der Waals surface area contributed by atoms with E-state index in [1.165, 1.54) is 11.3 Å². The van der Waals surface area contributed by atoms with Gasteiger partial charge in [0.1, 0.15) is 5.58 Å². The predicted octanol–water partition coefficient (Wildman–Crippen LogP) is 10.1. The Labute approximate surface area is 278 Å². The monoisotopic (exact) mass is 766 g/mol. The summed E-state index contributed by atoms with van der Waals surface area (Å²) >= 11 is 0. The first kappa shape index (κ1) is 26.1. The number of rotatable bonds is 5. The maximum Gasteiger partial charge on any atom is 0.120 e. The summed E-state index contributed by atoms with van der Waals surface area (Å²) in [5, 5.41) is 3.34. The zero-order valence-corrected chi connectivity index (χ0v) is 29.1. The minimum atomic E-state index is -2.13. The largest absolute Gasteiger partial charge is 0.501 e. The molecule has 0 unspecified atom stereocenters. The van der Waals surface area contributed by atoms with Gasteiger partial charge in [0.15, 0.2) is 0 Å². The summed E-state index contributed by atoms with van der Waals surface area (Å²) in [5.74, 6) is -1.38. The molecule has 0 amide bonds. The van der Waals surface area contributed by atoms with Crippen molar-refractivity contribution in [1.82, 2.24) is 9.97 Å². The van der Waals surface area contributed by atoms with Crippen LogP contribution in [0.5, 0.6) is 0 Å². The van der Waals surface area contributed by atoms with Gasteiger partial charge in [-0.05, 0) is 40.5 Å². The maximum atomic E-state index is 8.48. The van der Waals surface area contributed by atoms with Crippen molar-refractivity contribution in [2.75, 3.05) is 0 Å². The molecule has 0 aliphatic carbocycles. The Hall–Kier alpha value is -3.37. The molecule has 3 heterocycles. The van der Waals surface area contributed by atoms with Gasteiger partial charge in [-0.25, -0.2) is 0 Å². The summed E-state index contributed by atoms with van der Waals surface area (Å²) < 4.78 is 45.1. The number of aryl methyl sites for hydroxylation is 1. The van der Waals surface area contributed by atoms with Gasteiger partial charge in [-0.2, -0.15) is 0 Å². The molecule has 0 saturated heterocycles. The van der Waals surface area contributed by atoms with Gasteiger partial charge in [-0.15, -0.1) is 53.6 Å². The van der Waals surface area contributed by atoms with Crippen molar-refractivity contribution in [3.63, 3.8) is 0 Å². The van der Waals surface area contributed by atoms with Crippen molar-refractivity contribution >= 4 is 35.2 Å². The number of fused-ring (bicyclic) bond motifs is 3. The van der Waals surface area contributed by atoms with Gasteiger partial charge in [0.05, 0.1) is 13.7 Å². The van der Waals surface area contributed by atoms with E-state index in [2.05, 4.69) is 47.8 Å². The molecule has 1 radical (unpaired) electrons. The van der Waals surface area contributed by atoms with Crippen LogP contribution in [0.2, 0.25) is 19.6 Å². The standard InChI is InChI=1S/C20H16NO.C18H24NSi.Ir/c1-13(2)14-10-11-21-18(12-14)17-8-5-7-16-15-6-3-4-9-19(15)22-20(16)17;1-13(2)16-11-17(15-9-7-14(3)8-10-15)19-12-18(16)20(4,5)6;/h3-7,9-13H,1-2H3;7-9,11-13H,1-6H3;/q2*-1;/i13D;3D3,13D;. The van der Waals surface area contributed by atoms with Crippen LogP contribution < -0.4 is 5.19 Å². The van der Waals surface area contributed by atoms with E-state index < -0.39 is 26.7 Å². The van der Waals surface area contributed by atoms with Crippen LogP contribution in [0.1, 0.15) is 63.0 Å². The summed E-state index contributed by atoms with van der Waals surface area (Å²) in [7, 11) is -1.61. The Morgan fingerprint density at radius 1 is 0.860 bits per heavy atom.